The van der Waals surface area contributed by atoms with E-state index >= 15 is 0 Å². The summed E-state index contributed by atoms with van der Waals surface area (Å²) in [5.74, 6) is -0.759. The van der Waals surface area contributed by atoms with E-state index in [4.69, 9.17) is 4.74 Å². The number of nitrogens with one attached hydrogen (secondary N) is 1. The highest BCUT2D eigenvalue weighted by Gasteiger charge is 2.43. The minimum Gasteiger partial charge on any atom is -0.452 e. The largest absolute Gasteiger partial charge is 0.452 e. The molecule has 0 unspecified atom stereocenters. The molecule has 0 bridgehead atoms. The van der Waals surface area contributed by atoms with Gasteiger partial charge in [-0.2, -0.15) is 5.26 Å². The van der Waals surface area contributed by atoms with Gasteiger partial charge in [0.25, 0.3) is 5.91 Å². The number of carbonyl (C=O) groups excluding carboxylic acids is 2. The number of hydrogen-bond donors (Lipinski definition) is 1. The van der Waals surface area contributed by atoms with E-state index in [0.29, 0.717) is 5.56 Å². The van der Waals surface area contributed by atoms with Crippen LogP contribution in [0.1, 0.15) is 57.9 Å². The summed E-state index contributed by atoms with van der Waals surface area (Å²) in [7, 11) is 0. The maximum absolute atomic E-state index is 12.5. The van der Waals surface area contributed by atoms with Crippen molar-refractivity contribution in [3.63, 3.8) is 0 Å². The quantitative estimate of drug-likeness (QED) is 0.834. The predicted octanol–water partition coefficient (Wildman–Crippen LogP) is 3.19. The number of nitrogens with zero attached hydrogens (tertiary/aromatic N) is 1. The van der Waals surface area contributed by atoms with Gasteiger partial charge >= 0.3 is 5.97 Å². The monoisotopic (exact) mass is 342 g/mol. The van der Waals surface area contributed by atoms with Crippen LogP contribution in [0.15, 0.2) is 0 Å². The van der Waals surface area contributed by atoms with Gasteiger partial charge in [-0.1, -0.05) is 0 Å². The second-order valence-corrected chi connectivity index (χ2v) is 7.21. The first-order valence-corrected chi connectivity index (χ1v) is 8.58. The molecule has 0 saturated heterocycles. The van der Waals surface area contributed by atoms with E-state index in [1.54, 1.807) is 6.92 Å². The van der Waals surface area contributed by atoms with Gasteiger partial charge in [0.05, 0.1) is 11.6 Å². The number of amides is 1. The van der Waals surface area contributed by atoms with Crippen LogP contribution in [0.4, 0.5) is 0 Å². The predicted molar refractivity (Wildman–Crippen MR) is 95.3 cm³/mol. The first-order chi connectivity index (χ1) is 11.6. The number of rotatable bonds is 5. The molecule has 0 spiro atoms. The Bertz CT molecular complexity index is 743. The van der Waals surface area contributed by atoms with Gasteiger partial charge in [0.15, 0.2) is 6.61 Å². The zero-order valence-electron chi connectivity index (χ0n) is 15.9. The Morgan fingerprint density at radius 1 is 1.08 bits per heavy atom. The molecule has 0 aliphatic heterocycles. The summed E-state index contributed by atoms with van der Waals surface area (Å²) in [5, 5.41) is 12.0. The standard InChI is InChI=1S/C20H26N2O3/c1-11-12(2)14(4)18(15(5)13(11)3)19(24)25-9-17(23)22-20(6,10-21)16-7-8-16/h16H,7-9H2,1-6H3,(H,22,23)/t20-/m0/s1. The summed E-state index contributed by atoms with van der Waals surface area (Å²) >= 11 is 0. The van der Waals surface area contributed by atoms with Gasteiger partial charge in [-0.25, -0.2) is 4.79 Å². The van der Waals surface area contributed by atoms with Gasteiger partial charge in [-0.3, -0.25) is 4.79 Å². The van der Waals surface area contributed by atoms with Crippen molar-refractivity contribution in [2.75, 3.05) is 6.61 Å². The van der Waals surface area contributed by atoms with Crippen LogP contribution >= 0.6 is 0 Å². The molecule has 0 radical (unpaired) electrons. The second kappa shape index (κ2) is 6.87. The Hall–Kier alpha value is -2.35. The SMILES string of the molecule is Cc1c(C)c(C)c(C(=O)OCC(=O)N[C@@](C)(C#N)C2CC2)c(C)c1C. The number of hydrogen-bond acceptors (Lipinski definition) is 4. The maximum Gasteiger partial charge on any atom is 0.339 e. The van der Waals surface area contributed by atoms with Crippen LogP contribution < -0.4 is 5.32 Å². The molecule has 0 aromatic heterocycles. The van der Waals surface area contributed by atoms with Gasteiger partial charge in [0, 0.05) is 0 Å². The van der Waals surface area contributed by atoms with Crippen molar-refractivity contribution in [3.8, 4) is 6.07 Å². The van der Waals surface area contributed by atoms with Crippen LogP contribution in [0, 0.1) is 51.9 Å². The molecule has 25 heavy (non-hydrogen) atoms. The van der Waals surface area contributed by atoms with Crippen molar-refractivity contribution in [1.29, 1.82) is 5.26 Å². The molecule has 5 heteroatoms. The third-order valence-corrected chi connectivity index (χ3v) is 5.56. The van der Waals surface area contributed by atoms with Crippen LogP contribution in [-0.4, -0.2) is 24.0 Å². The zero-order chi connectivity index (χ0) is 18.9. The fourth-order valence-corrected chi connectivity index (χ4v) is 3.22. The van der Waals surface area contributed by atoms with Gasteiger partial charge in [-0.05, 0) is 88.1 Å². The van der Waals surface area contributed by atoms with Gasteiger partial charge in [0.1, 0.15) is 5.54 Å². The molecule has 1 saturated carbocycles. The van der Waals surface area contributed by atoms with E-state index in [-0.39, 0.29) is 12.5 Å². The maximum atomic E-state index is 12.5. The molecule has 1 fully saturated rings. The summed E-state index contributed by atoms with van der Waals surface area (Å²) in [4.78, 5) is 24.6. The molecule has 1 amide bonds. The lowest BCUT2D eigenvalue weighted by molar-refractivity contribution is -0.125. The van der Waals surface area contributed by atoms with E-state index in [0.717, 1.165) is 35.1 Å². The number of benzene rings is 1. The molecule has 1 aliphatic carbocycles. The second-order valence-electron chi connectivity index (χ2n) is 7.21. The number of carbonyl (C=O) groups is 2. The third kappa shape index (κ3) is 3.68. The Morgan fingerprint density at radius 3 is 2.00 bits per heavy atom. The van der Waals surface area contributed by atoms with E-state index in [1.807, 2.05) is 34.6 Å². The highest BCUT2D eigenvalue weighted by atomic mass is 16.5. The van der Waals surface area contributed by atoms with E-state index in [1.165, 1.54) is 5.56 Å². The molecule has 1 N–H and O–H groups in total. The minimum absolute atomic E-state index is 0.184. The Morgan fingerprint density at radius 2 is 1.56 bits per heavy atom. The van der Waals surface area contributed by atoms with Crippen molar-refractivity contribution in [2.24, 2.45) is 5.92 Å². The third-order valence-electron chi connectivity index (χ3n) is 5.56. The normalized spacial score (nSPS) is 15.9. The molecule has 1 aromatic carbocycles. The van der Waals surface area contributed by atoms with E-state index in [9.17, 15) is 14.9 Å². The fraction of sp³-hybridized carbons (Fsp3) is 0.550. The first kappa shape index (κ1) is 19.0. The molecule has 0 heterocycles. The van der Waals surface area contributed by atoms with Gasteiger partial charge in [0.2, 0.25) is 0 Å². The average Bonchev–Trinajstić information content (AvgIpc) is 3.42. The first-order valence-electron chi connectivity index (χ1n) is 8.58. The smallest absolute Gasteiger partial charge is 0.339 e. The lowest BCUT2D eigenvalue weighted by Crippen LogP contribution is -2.48. The molecular weight excluding hydrogens is 316 g/mol. The zero-order valence-corrected chi connectivity index (χ0v) is 15.9. The van der Waals surface area contributed by atoms with Crippen LogP contribution in [-0.2, 0) is 9.53 Å². The average molecular weight is 342 g/mol. The Balaban J connectivity index is 2.09. The topological polar surface area (TPSA) is 79.2 Å². The van der Waals surface area contributed by atoms with Crippen molar-refractivity contribution < 1.29 is 14.3 Å². The van der Waals surface area contributed by atoms with Crippen LogP contribution in [0.2, 0.25) is 0 Å². The lowest BCUT2D eigenvalue weighted by Gasteiger charge is -2.23. The van der Waals surface area contributed by atoms with Crippen molar-refractivity contribution >= 4 is 11.9 Å². The molecular formula is C20H26N2O3. The summed E-state index contributed by atoms with van der Waals surface area (Å²) in [6, 6.07) is 2.16. The van der Waals surface area contributed by atoms with Crippen LogP contribution in [0.5, 0.6) is 0 Å². The Kier molecular flexibility index (Phi) is 5.22. The van der Waals surface area contributed by atoms with E-state index < -0.39 is 17.4 Å². The number of esters is 1. The molecule has 1 aliphatic rings. The molecule has 5 nitrogen and oxygen atoms in total. The summed E-state index contributed by atoms with van der Waals surface area (Å²) in [5.41, 5.74) is 4.69. The van der Waals surface area contributed by atoms with Gasteiger partial charge in [-0.15, -0.1) is 0 Å². The number of nitriles is 1. The van der Waals surface area contributed by atoms with Crippen LogP contribution in [0.25, 0.3) is 0 Å². The molecule has 134 valence electrons. The molecule has 1 aromatic rings. The van der Waals surface area contributed by atoms with Gasteiger partial charge < -0.3 is 10.1 Å². The molecule has 1 atom stereocenters. The fourth-order valence-electron chi connectivity index (χ4n) is 3.22. The Labute approximate surface area is 149 Å². The highest BCUT2D eigenvalue weighted by Crippen LogP contribution is 2.39. The van der Waals surface area contributed by atoms with Crippen molar-refractivity contribution in [3.05, 3.63) is 33.4 Å². The minimum atomic E-state index is -0.883. The highest BCUT2D eigenvalue weighted by molar-refractivity contribution is 5.95. The van der Waals surface area contributed by atoms with E-state index in [2.05, 4.69) is 11.4 Å². The van der Waals surface area contributed by atoms with Crippen LogP contribution in [0.3, 0.4) is 0 Å². The van der Waals surface area contributed by atoms with Crippen molar-refractivity contribution in [1.82, 2.24) is 5.32 Å². The van der Waals surface area contributed by atoms with Crippen molar-refractivity contribution in [2.45, 2.75) is 59.9 Å². The summed E-state index contributed by atoms with van der Waals surface area (Å²) in [6.07, 6.45) is 1.87. The summed E-state index contributed by atoms with van der Waals surface area (Å²) in [6.45, 7) is 11.1. The summed E-state index contributed by atoms with van der Waals surface area (Å²) < 4.78 is 5.23. The lowest BCUT2D eigenvalue weighted by atomic mass is 9.90. The molecule has 2 rings (SSSR count). The number of ether oxygens (including phenoxy) is 1.